The standard InChI is InChI=1S/C24H33N5O/c1-3-4-10-30-24-27-22(25)21-11-17(2)15-29(23(21)28-24)16-20-7-5-6-19(12-20)14-26-13-18-8-9-18/h5-7,12,18,26H,2-4,8-11,13-16H2,1H3,(H2,25,27,28). The van der Waals surface area contributed by atoms with Gasteiger partial charge in [0.1, 0.15) is 11.6 Å². The van der Waals surface area contributed by atoms with E-state index in [1.54, 1.807) is 0 Å². The Hall–Kier alpha value is -2.60. The number of fused-ring (bicyclic) bond motifs is 1. The molecule has 0 spiro atoms. The largest absolute Gasteiger partial charge is 0.463 e. The number of nitrogens with zero attached hydrogens (tertiary/aromatic N) is 3. The van der Waals surface area contributed by atoms with Crippen LogP contribution in [0.25, 0.3) is 0 Å². The summed E-state index contributed by atoms with van der Waals surface area (Å²) in [6.07, 6.45) is 5.51. The summed E-state index contributed by atoms with van der Waals surface area (Å²) in [6.45, 7) is 10.5. The lowest BCUT2D eigenvalue weighted by atomic mass is 10.0. The summed E-state index contributed by atoms with van der Waals surface area (Å²) in [7, 11) is 0. The molecule has 1 saturated carbocycles. The average Bonchev–Trinajstić information content (AvgIpc) is 3.54. The van der Waals surface area contributed by atoms with E-state index in [1.807, 2.05) is 0 Å². The van der Waals surface area contributed by atoms with Gasteiger partial charge in [0, 0.05) is 31.6 Å². The molecule has 1 aromatic carbocycles. The average molecular weight is 408 g/mol. The summed E-state index contributed by atoms with van der Waals surface area (Å²) >= 11 is 0. The fraction of sp³-hybridized carbons (Fsp3) is 0.500. The molecule has 4 rings (SSSR count). The molecule has 0 amide bonds. The van der Waals surface area contributed by atoms with E-state index < -0.39 is 0 Å². The van der Waals surface area contributed by atoms with Crippen LogP contribution in [-0.4, -0.2) is 29.7 Å². The quantitative estimate of drug-likeness (QED) is 0.460. The van der Waals surface area contributed by atoms with Crippen LogP contribution < -0.4 is 20.7 Å². The highest BCUT2D eigenvalue weighted by Crippen LogP contribution is 2.33. The summed E-state index contributed by atoms with van der Waals surface area (Å²) in [4.78, 5) is 11.3. The van der Waals surface area contributed by atoms with E-state index in [-0.39, 0.29) is 0 Å². The SMILES string of the molecule is C=C1Cc2c(N)nc(OCCCC)nc2N(Cc2cccc(CNCC3CC3)c2)C1. The molecule has 2 heterocycles. The van der Waals surface area contributed by atoms with E-state index >= 15 is 0 Å². The first-order valence-corrected chi connectivity index (χ1v) is 11.1. The highest BCUT2D eigenvalue weighted by molar-refractivity contribution is 5.62. The molecule has 2 aliphatic rings. The number of unbranched alkanes of at least 4 members (excludes halogenated alkanes) is 1. The third-order valence-electron chi connectivity index (χ3n) is 5.69. The Morgan fingerprint density at radius 3 is 2.90 bits per heavy atom. The van der Waals surface area contributed by atoms with Gasteiger partial charge in [0.2, 0.25) is 0 Å². The van der Waals surface area contributed by atoms with Crippen molar-refractivity contribution in [3.05, 3.63) is 53.1 Å². The van der Waals surface area contributed by atoms with E-state index in [0.29, 0.717) is 18.4 Å². The van der Waals surface area contributed by atoms with E-state index in [1.165, 1.54) is 24.0 Å². The number of hydrogen-bond acceptors (Lipinski definition) is 6. The van der Waals surface area contributed by atoms with Crippen molar-refractivity contribution >= 4 is 11.6 Å². The van der Waals surface area contributed by atoms with E-state index in [9.17, 15) is 0 Å². The van der Waals surface area contributed by atoms with Crippen molar-refractivity contribution in [3.8, 4) is 6.01 Å². The lowest BCUT2D eigenvalue weighted by Crippen LogP contribution is -2.32. The number of rotatable bonds is 10. The van der Waals surface area contributed by atoms with Gasteiger partial charge in [-0.25, -0.2) is 0 Å². The van der Waals surface area contributed by atoms with Crippen LogP contribution in [0.5, 0.6) is 6.01 Å². The van der Waals surface area contributed by atoms with Crippen LogP contribution in [0.15, 0.2) is 36.4 Å². The lowest BCUT2D eigenvalue weighted by molar-refractivity contribution is 0.285. The summed E-state index contributed by atoms with van der Waals surface area (Å²) in [5, 5.41) is 3.58. The molecular formula is C24H33N5O. The van der Waals surface area contributed by atoms with E-state index in [4.69, 9.17) is 15.5 Å². The van der Waals surface area contributed by atoms with Crippen LogP contribution in [-0.2, 0) is 19.5 Å². The molecule has 0 radical (unpaired) electrons. The van der Waals surface area contributed by atoms with Gasteiger partial charge < -0.3 is 20.7 Å². The zero-order chi connectivity index (χ0) is 20.9. The minimum Gasteiger partial charge on any atom is -0.463 e. The van der Waals surface area contributed by atoms with Gasteiger partial charge in [-0.05, 0) is 42.9 Å². The highest BCUT2D eigenvalue weighted by Gasteiger charge is 2.25. The molecule has 6 heteroatoms. The Morgan fingerprint density at radius 2 is 2.10 bits per heavy atom. The van der Waals surface area contributed by atoms with Crippen LogP contribution >= 0.6 is 0 Å². The number of aromatic nitrogens is 2. The number of hydrogen-bond donors (Lipinski definition) is 2. The van der Waals surface area contributed by atoms with Crippen LogP contribution in [0.3, 0.4) is 0 Å². The van der Waals surface area contributed by atoms with E-state index in [0.717, 1.165) is 68.3 Å². The smallest absolute Gasteiger partial charge is 0.320 e. The van der Waals surface area contributed by atoms with Gasteiger partial charge in [0.25, 0.3) is 0 Å². The van der Waals surface area contributed by atoms with Crippen molar-refractivity contribution < 1.29 is 4.74 Å². The molecule has 2 aromatic rings. The molecule has 0 bridgehead atoms. The number of nitrogens with two attached hydrogens (primary N) is 1. The molecular weight excluding hydrogens is 374 g/mol. The summed E-state index contributed by atoms with van der Waals surface area (Å²) in [6, 6.07) is 9.14. The summed E-state index contributed by atoms with van der Waals surface area (Å²) < 4.78 is 5.75. The second-order valence-electron chi connectivity index (χ2n) is 8.57. The molecule has 0 saturated heterocycles. The third kappa shape index (κ3) is 5.30. The van der Waals surface area contributed by atoms with Gasteiger partial charge >= 0.3 is 6.01 Å². The topological polar surface area (TPSA) is 76.3 Å². The first-order chi connectivity index (χ1) is 14.6. The van der Waals surface area contributed by atoms with Gasteiger partial charge in [0.05, 0.1) is 6.61 Å². The van der Waals surface area contributed by atoms with Gasteiger partial charge in [-0.2, -0.15) is 9.97 Å². The predicted octanol–water partition coefficient (Wildman–Crippen LogP) is 3.86. The Bertz CT molecular complexity index is 893. The van der Waals surface area contributed by atoms with Gasteiger partial charge in [0.15, 0.2) is 0 Å². The number of nitrogen functional groups attached to an aromatic ring is 1. The van der Waals surface area contributed by atoms with Crippen molar-refractivity contribution in [2.45, 2.75) is 52.1 Å². The lowest BCUT2D eigenvalue weighted by Gasteiger charge is -2.32. The van der Waals surface area contributed by atoms with Crippen molar-refractivity contribution in [3.63, 3.8) is 0 Å². The molecule has 1 aliphatic heterocycles. The molecule has 160 valence electrons. The minimum absolute atomic E-state index is 0.371. The fourth-order valence-corrected chi connectivity index (χ4v) is 3.85. The molecule has 3 N–H and O–H groups in total. The molecule has 0 unspecified atom stereocenters. The minimum atomic E-state index is 0.371. The van der Waals surface area contributed by atoms with Crippen molar-refractivity contribution in [2.24, 2.45) is 5.92 Å². The number of anilines is 2. The van der Waals surface area contributed by atoms with Crippen LogP contribution in [0.1, 0.15) is 49.3 Å². The number of ether oxygens (including phenoxy) is 1. The Morgan fingerprint density at radius 1 is 1.27 bits per heavy atom. The third-order valence-corrected chi connectivity index (χ3v) is 5.69. The predicted molar refractivity (Wildman–Crippen MR) is 122 cm³/mol. The second kappa shape index (κ2) is 9.47. The Kier molecular flexibility index (Phi) is 6.53. The van der Waals surface area contributed by atoms with E-state index in [2.05, 4.69) is 53.0 Å². The summed E-state index contributed by atoms with van der Waals surface area (Å²) in [5.74, 6) is 2.26. The van der Waals surface area contributed by atoms with Crippen molar-refractivity contribution in [1.29, 1.82) is 0 Å². The number of benzene rings is 1. The maximum Gasteiger partial charge on any atom is 0.320 e. The molecule has 1 aromatic heterocycles. The Labute approximate surface area is 179 Å². The van der Waals surface area contributed by atoms with Crippen LogP contribution in [0.4, 0.5) is 11.6 Å². The zero-order valence-corrected chi connectivity index (χ0v) is 18.0. The Balaban J connectivity index is 1.49. The molecule has 30 heavy (non-hydrogen) atoms. The highest BCUT2D eigenvalue weighted by atomic mass is 16.5. The van der Waals surface area contributed by atoms with Crippen LogP contribution in [0, 0.1) is 5.92 Å². The monoisotopic (exact) mass is 407 g/mol. The van der Waals surface area contributed by atoms with Gasteiger partial charge in [-0.1, -0.05) is 49.8 Å². The zero-order valence-electron chi connectivity index (χ0n) is 18.0. The van der Waals surface area contributed by atoms with Crippen molar-refractivity contribution in [1.82, 2.24) is 15.3 Å². The molecule has 1 aliphatic carbocycles. The maximum absolute atomic E-state index is 6.27. The first-order valence-electron chi connectivity index (χ1n) is 11.1. The van der Waals surface area contributed by atoms with Gasteiger partial charge in [-0.15, -0.1) is 0 Å². The second-order valence-corrected chi connectivity index (χ2v) is 8.57. The molecule has 0 atom stereocenters. The van der Waals surface area contributed by atoms with Crippen LogP contribution in [0.2, 0.25) is 0 Å². The summed E-state index contributed by atoms with van der Waals surface area (Å²) in [5.41, 5.74) is 10.9. The fourth-order valence-electron chi connectivity index (χ4n) is 3.85. The maximum atomic E-state index is 6.27. The van der Waals surface area contributed by atoms with Gasteiger partial charge in [-0.3, -0.25) is 0 Å². The first kappa shape index (κ1) is 20.7. The normalized spacial score (nSPS) is 15.9. The molecule has 6 nitrogen and oxygen atoms in total. The van der Waals surface area contributed by atoms with Crippen molar-refractivity contribution in [2.75, 3.05) is 30.3 Å². The number of nitrogens with one attached hydrogen (secondary N) is 1. The molecule has 1 fully saturated rings.